The molecule has 0 aromatic heterocycles. The van der Waals surface area contributed by atoms with Gasteiger partial charge in [0, 0.05) is 6.04 Å². The van der Waals surface area contributed by atoms with E-state index in [1.54, 1.807) is 12.1 Å². The lowest BCUT2D eigenvalue weighted by Gasteiger charge is -2.34. The lowest BCUT2D eigenvalue weighted by Crippen LogP contribution is -2.31. The highest BCUT2D eigenvalue weighted by atomic mass is 19.1. The van der Waals surface area contributed by atoms with Crippen molar-refractivity contribution in [2.75, 3.05) is 7.05 Å². The fraction of sp³-hybridized carbons (Fsp3) is 0.368. The Bertz CT molecular complexity index is 635. The van der Waals surface area contributed by atoms with Crippen molar-refractivity contribution in [3.05, 3.63) is 70.5 Å². The highest BCUT2D eigenvalue weighted by Gasteiger charge is 2.28. The summed E-state index contributed by atoms with van der Waals surface area (Å²) in [4.78, 5) is 0. The molecule has 2 atom stereocenters. The van der Waals surface area contributed by atoms with Gasteiger partial charge in [0.05, 0.1) is 0 Å². The normalized spacial score (nSPS) is 21.1. The number of fused-ring (bicyclic) bond motifs is 1. The molecule has 2 aromatic rings. The molecule has 2 unspecified atom stereocenters. The summed E-state index contributed by atoms with van der Waals surface area (Å²) in [7, 11) is 2.03. The predicted octanol–water partition coefficient (Wildman–Crippen LogP) is 4.20. The molecule has 0 bridgehead atoms. The smallest absolute Gasteiger partial charge is 0.123 e. The highest BCUT2D eigenvalue weighted by molar-refractivity contribution is 5.34. The molecule has 2 heteroatoms. The van der Waals surface area contributed by atoms with Crippen molar-refractivity contribution >= 4 is 0 Å². The molecule has 0 radical (unpaired) electrons. The van der Waals surface area contributed by atoms with Crippen LogP contribution in [-0.2, 0) is 12.8 Å². The third kappa shape index (κ3) is 2.86. The lowest BCUT2D eigenvalue weighted by molar-refractivity contribution is 0.334. The second-order valence-corrected chi connectivity index (χ2v) is 6.04. The zero-order valence-electron chi connectivity index (χ0n) is 12.7. The maximum atomic E-state index is 13.5. The van der Waals surface area contributed by atoms with Crippen LogP contribution in [0.3, 0.4) is 0 Å². The van der Waals surface area contributed by atoms with Crippen LogP contribution < -0.4 is 5.32 Å². The van der Waals surface area contributed by atoms with E-state index < -0.39 is 0 Å². The molecule has 0 aliphatic heterocycles. The van der Waals surface area contributed by atoms with Crippen LogP contribution >= 0.6 is 0 Å². The van der Waals surface area contributed by atoms with Crippen LogP contribution in [-0.4, -0.2) is 7.05 Å². The summed E-state index contributed by atoms with van der Waals surface area (Å²) < 4.78 is 13.5. The first-order valence-corrected chi connectivity index (χ1v) is 7.69. The zero-order valence-corrected chi connectivity index (χ0v) is 12.7. The Labute approximate surface area is 126 Å². The Hall–Kier alpha value is -1.67. The molecule has 0 spiro atoms. The first-order chi connectivity index (χ1) is 10.2. The maximum Gasteiger partial charge on any atom is 0.123 e. The van der Waals surface area contributed by atoms with Gasteiger partial charge in [-0.05, 0) is 73.5 Å². The summed E-state index contributed by atoms with van der Waals surface area (Å²) in [6.45, 7) is 2.07. The molecule has 3 rings (SSSR count). The van der Waals surface area contributed by atoms with Crippen LogP contribution in [0.5, 0.6) is 0 Å². The molecule has 1 aliphatic rings. The minimum absolute atomic E-state index is 0.132. The van der Waals surface area contributed by atoms with Crippen LogP contribution in [0.1, 0.15) is 34.7 Å². The molecule has 0 amide bonds. The minimum atomic E-state index is -0.132. The summed E-state index contributed by atoms with van der Waals surface area (Å²) in [6, 6.07) is 14.2. The molecule has 2 aromatic carbocycles. The fourth-order valence-electron chi connectivity index (χ4n) is 3.58. The molecule has 1 aliphatic carbocycles. The van der Waals surface area contributed by atoms with Gasteiger partial charge in [-0.15, -0.1) is 0 Å². The largest absolute Gasteiger partial charge is 0.313 e. The summed E-state index contributed by atoms with van der Waals surface area (Å²) in [5.41, 5.74) is 5.18. The monoisotopic (exact) mass is 283 g/mol. The average molecular weight is 283 g/mol. The predicted molar refractivity (Wildman–Crippen MR) is 84.9 cm³/mol. The molecule has 0 saturated heterocycles. The topological polar surface area (TPSA) is 12.0 Å². The van der Waals surface area contributed by atoms with Crippen molar-refractivity contribution in [2.24, 2.45) is 5.92 Å². The summed E-state index contributed by atoms with van der Waals surface area (Å²) in [5, 5.41) is 3.47. The van der Waals surface area contributed by atoms with Gasteiger partial charge >= 0.3 is 0 Å². The van der Waals surface area contributed by atoms with E-state index in [4.69, 9.17) is 0 Å². The van der Waals surface area contributed by atoms with Crippen LogP contribution in [0, 0.1) is 18.7 Å². The Kier molecular flexibility index (Phi) is 4.07. The first kappa shape index (κ1) is 14.3. The molecule has 1 nitrogen and oxygen atoms in total. The number of hydrogen-bond acceptors (Lipinski definition) is 1. The molecule has 110 valence electrons. The molecule has 0 heterocycles. The Morgan fingerprint density at radius 1 is 1.19 bits per heavy atom. The molecular formula is C19H22FN. The van der Waals surface area contributed by atoms with Gasteiger partial charge in [0.1, 0.15) is 5.82 Å². The SMILES string of the molecule is CNC1c2ccccc2CCC1Cc1cc(F)ccc1C. The average Bonchev–Trinajstić information content (AvgIpc) is 2.50. The number of hydrogen-bond donors (Lipinski definition) is 1. The summed E-state index contributed by atoms with van der Waals surface area (Å²) in [6.07, 6.45) is 3.20. The molecule has 1 N–H and O–H groups in total. The Morgan fingerprint density at radius 2 is 2.00 bits per heavy atom. The lowest BCUT2D eigenvalue weighted by atomic mass is 9.76. The number of aryl methyl sites for hydroxylation is 2. The number of rotatable bonds is 3. The van der Waals surface area contributed by atoms with Gasteiger partial charge in [-0.1, -0.05) is 30.3 Å². The minimum Gasteiger partial charge on any atom is -0.313 e. The van der Waals surface area contributed by atoms with E-state index in [-0.39, 0.29) is 5.82 Å². The van der Waals surface area contributed by atoms with E-state index in [1.807, 2.05) is 13.1 Å². The van der Waals surface area contributed by atoms with Crippen molar-refractivity contribution in [1.82, 2.24) is 5.32 Å². The van der Waals surface area contributed by atoms with Crippen LogP contribution in [0.4, 0.5) is 4.39 Å². The molecular weight excluding hydrogens is 261 g/mol. The summed E-state index contributed by atoms with van der Waals surface area (Å²) in [5.74, 6) is 0.387. The van der Waals surface area contributed by atoms with E-state index in [2.05, 4.69) is 36.5 Å². The van der Waals surface area contributed by atoms with E-state index in [1.165, 1.54) is 16.7 Å². The Balaban J connectivity index is 1.88. The maximum absolute atomic E-state index is 13.5. The first-order valence-electron chi connectivity index (χ1n) is 7.69. The second kappa shape index (κ2) is 5.98. The van der Waals surface area contributed by atoms with Gasteiger partial charge in [-0.25, -0.2) is 4.39 Å². The van der Waals surface area contributed by atoms with Gasteiger partial charge in [-0.2, -0.15) is 0 Å². The number of halogens is 1. The van der Waals surface area contributed by atoms with Gasteiger partial charge < -0.3 is 5.32 Å². The van der Waals surface area contributed by atoms with Crippen molar-refractivity contribution in [2.45, 2.75) is 32.2 Å². The second-order valence-electron chi connectivity index (χ2n) is 6.04. The summed E-state index contributed by atoms with van der Waals surface area (Å²) >= 11 is 0. The van der Waals surface area contributed by atoms with E-state index in [9.17, 15) is 4.39 Å². The number of nitrogens with one attached hydrogen (secondary N) is 1. The van der Waals surface area contributed by atoms with Crippen LogP contribution in [0.15, 0.2) is 42.5 Å². The molecule has 21 heavy (non-hydrogen) atoms. The third-order valence-corrected chi connectivity index (χ3v) is 4.75. The fourth-order valence-corrected chi connectivity index (χ4v) is 3.58. The van der Waals surface area contributed by atoms with E-state index in [0.29, 0.717) is 12.0 Å². The van der Waals surface area contributed by atoms with Gasteiger partial charge in [0.25, 0.3) is 0 Å². The Morgan fingerprint density at radius 3 is 2.81 bits per heavy atom. The number of benzene rings is 2. The van der Waals surface area contributed by atoms with Gasteiger partial charge in [0.2, 0.25) is 0 Å². The van der Waals surface area contributed by atoms with Crippen molar-refractivity contribution in [3.63, 3.8) is 0 Å². The highest BCUT2D eigenvalue weighted by Crippen LogP contribution is 2.36. The standard InChI is InChI=1S/C19H22FN/c1-13-7-10-17(20)12-16(13)11-15-9-8-14-5-3-4-6-18(14)19(15)21-2/h3-7,10,12,15,19,21H,8-9,11H2,1-2H3. The van der Waals surface area contributed by atoms with Crippen molar-refractivity contribution in [1.29, 1.82) is 0 Å². The van der Waals surface area contributed by atoms with E-state index >= 15 is 0 Å². The molecule has 0 fully saturated rings. The zero-order chi connectivity index (χ0) is 14.8. The third-order valence-electron chi connectivity index (χ3n) is 4.75. The van der Waals surface area contributed by atoms with Gasteiger partial charge in [0.15, 0.2) is 0 Å². The van der Waals surface area contributed by atoms with Crippen LogP contribution in [0.2, 0.25) is 0 Å². The van der Waals surface area contributed by atoms with Crippen molar-refractivity contribution in [3.8, 4) is 0 Å². The van der Waals surface area contributed by atoms with Crippen molar-refractivity contribution < 1.29 is 4.39 Å². The molecule has 0 saturated carbocycles. The van der Waals surface area contributed by atoms with Gasteiger partial charge in [-0.3, -0.25) is 0 Å². The van der Waals surface area contributed by atoms with E-state index in [0.717, 1.165) is 24.8 Å². The van der Waals surface area contributed by atoms with Crippen LogP contribution in [0.25, 0.3) is 0 Å². The quantitative estimate of drug-likeness (QED) is 0.890.